The van der Waals surface area contributed by atoms with E-state index in [1.54, 1.807) is 46.8 Å². The topological polar surface area (TPSA) is 267 Å². The third-order valence-corrected chi connectivity index (χ3v) is 13.3. The Balaban J connectivity index is 1.61. The first-order chi connectivity index (χ1) is 32.8. The fraction of sp³-hybridized carbons (Fsp3) is 0.620. The first kappa shape index (κ1) is 58.7. The molecule has 1 aromatic rings. The number of esters is 3. The zero-order valence-electron chi connectivity index (χ0n) is 41.5. The van der Waals surface area contributed by atoms with Crippen molar-refractivity contribution in [3.05, 3.63) is 79.9 Å². The van der Waals surface area contributed by atoms with Gasteiger partial charge in [-0.25, -0.2) is 9.59 Å². The number of ether oxygens (including phenoxy) is 8. The minimum absolute atomic E-state index is 0.0374. The Morgan fingerprint density at radius 3 is 2.20 bits per heavy atom. The smallest absolute Gasteiger partial charge is 0.342 e. The van der Waals surface area contributed by atoms with E-state index in [0.29, 0.717) is 23.1 Å². The highest BCUT2D eigenvalue weighted by atomic mass is 35.5. The van der Waals surface area contributed by atoms with Crippen LogP contribution in [0.15, 0.2) is 58.7 Å². The van der Waals surface area contributed by atoms with Crippen LogP contribution in [0.4, 0.5) is 0 Å². The van der Waals surface area contributed by atoms with Gasteiger partial charge in [-0.2, -0.15) is 0 Å². The van der Waals surface area contributed by atoms with Crippen LogP contribution in [0.5, 0.6) is 11.5 Å². The van der Waals surface area contributed by atoms with Crippen molar-refractivity contribution in [2.45, 2.75) is 180 Å². The number of carbonyl (C=O) groups excluding carboxylic acids is 3. The van der Waals surface area contributed by atoms with Crippen molar-refractivity contribution in [3.63, 3.8) is 0 Å². The van der Waals surface area contributed by atoms with Gasteiger partial charge in [-0.3, -0.25) is 4.79 Å². The summed E-state index contributed by atoms with van der Waals surface area (Å²) in [5, 5.41) is 76.0. The molecular formula is C50H70Cl2O18. The molecule has 2 saturated heterocycles. The van der Waals surface area contributed by atoms with E-state index in [-0.39, 0.29) is 41.3 Å². The van der Waals surface area contributed by atoms with Crippen molar-refractivity contribution < 1.29 is 88.0 Å². The fourth-order valence-corrected chi connectivity index (χ4v) is 9.08. The van der Waals surface area contributed by atoms with Crippen molar-refractivity contribution in [2.24, 2.45) is 5.92 Å². The second-order valence-electron chi connectivity index (χ2n) is 18.4. The monoisotopic (exact) mass is 1030 g/mol. The summed E-state index contributed by atoms with van der Waals surface area (Å²) in [7, 11) is 1.26. The number of benzene rings is 1. The van der Waals surface area contributed by atoms with Crippen LogP contribution in [0.3, 0.4) is 0 Å². The molecule has 392 valence electrons. The molecule has 1 aromatic carbocycles. The molecule has 0 unspecified atom stereocenters. The molecule has 3 aliphatic rings. The number of allylic oxidation sites excluding steroid dienone is 4. The van der Waals surface area contributed by atoms with Crippen molar-refractivity contribution in [1.82, 2.24) is 0 Å². The molecule has 3 aliphatic heterocycles. The molecule has 20 heteroatoms. The molecule has 0 aliphatic carbocycles. The molecule has 2 fully saturated rings. The van der Waals surface area contributed by atoms with Gasteiger partial charge in [0, 0.05) is 26.4 Å². The van der Waals surface area contributed by atoms with E-state index in [9.17, 15) is 50.1 Å². The highest BCUT2D eigenvalue weighted by Gasteiger charge is 2.52. The SMILES string of the molecule is CCc1c(Cl)c(O)c(Cl)c(O)c1C(=O)O[C@H]1[C@H](O)[C@H](OC)[C@H](OC/C2=C\C=C\C[C@H](O)/C(C)=C/[C@H](CC)[C@@H](O[C@@H]3OC(C)(C)[C@@H](OC(C)=O)[C@H](O)[C@@H]3O)/C(C)=C/C(C)=C/C[C@@H]([C@@H](C)O)OC2=O)O[C@@H]1C. The number of aliphatic hydroxyl groups is 5. The van der Waals surface area contributed by atoms with Gasteiger partial charge in [-0.15, -0.1) is 0 Å². The molecule has 0 bridgehead atoms. The van der Waals surface area contributed by atoms with Crippen LogP contribution >= 0.6 is 23.2 Å². The quantitative estimate of drug-likeness (QED) is 0.0763. The van der Waals surface area contributed by atoms with Gasteiger partial charge in [0.1, 0.15) is 46.7 Å². The summed E-state index contributed by atoms with van der Waals surface area (Å²) in [4.78, 5) is 39.3. The molecule has 14 atom stereocenters. The summed E-state index contributed by atoms with van der Waals surface area (Å²) < 4.78 is 47.1. The van der Waals surface area contributed by atoms with Gasteiger partial charge in [-0.05, 0) is 90.5 Å². The van der Waals surface area contributed by atoms with Crippen LogP contribution in [0.25, 0.3) is 0 Å². The lowest BCUT2D eigenvalue weighted by Crippen LogP contribution is -2.64. The maximum atomic E-state index is 13.9. The second kappa shape index (κ2) is 25.7. The van der Waals surface area contributed by atoms with Gasteiger partial charge in [0.25, 0.3) is 0 Å². The van der Waals surface area contributed by atoms with Gasteiger partial charge < -0.3 is 73.6 Å². The fourth-order valence-electron chi connectivity index (χ4n) is 8.52. The number of phenols is 2. The molecule has 7 N–H and O–H groups in total. The molecule has 0 aromatic heterocycles. The molecule has 70 heavy (non-hydrogen) atoms. The number of aliphatic hydroxyl groups excluding tert-OH is 5. The van der Waals surface area contributed by atoms with Crippen molar-refractivity contribution in [1.29, 1.82) is 0 Å². The molecule has 3 heterocycles. The van der Waals surface area contributed by atoms with Crippen molar-refractivity contribution >= 4 is 41.1 Å². The highest BCUT2D eigenvalue weighted by molar-refractivity contribution is 6.39. The molecular weight excluding hydrogens is 959 g/mol. The molecule has 0 amide bonds. The average Bonchev–Trinajstić information content (AvgIpc) is 3.29. The van der Waals surface area contributed by atoms with Crippen LogP contribution in [-0.4, -0.2) is 153 Å². The lowest BCUT2D eigenvalue weighted by atomic mass is 9.88. The zero-order valence-corrected chi connectivity index (χ0v) is 43.0. The molecule has 0 spiro atoms. The average molecular weight is 1030 g/mol. The lowest BCUT2D eigenvalue weighted by Gasteiger charge is -2.47. The van der Waals surface area contributed by atoms with E-state index in [1.807, 2.05) is 26.0 Å². The summed E-state index contributed by atoms with van der Waals surface area (Å²) in [6, 6.07) is 0. The largest absolute Gasteiger partial charge is 0.505 e. The number of methoxy groups -OCH3 is 1. The number of phenolic OH excluding ortho intramolecular Hbond substituents is 2. The summed E-state index contributed by atoms with van der Waals surface area (Å²) in [5.74, 6) is -4.39. The van der Waals surface area contributed by atoms with Gasteiger partial charge in [0.15, 0.2) is 36.3 Å². The Hall–Kier alpha value is -3.89. The van der Waals surface area contributed by atoms with E-state index in [2.05, 4.69) is 0 Å². The van der Waals surface area contributed by atoms with Crippen LogP contribution < -0.4 is 0 Å². The lowest BCUT2D eigenvalue weighted by molar-refractivity contribution is -0.333. The molecule has 0 radical (unpaired) electrons. The second-order valence-corrected chi connectivity index (χ2v) is 19.1. The third-order valence-electron chi connectivity index (χ3n) is 12.6. The molecule has 4 rings (SSSR count). The normalized spacial score (nSPS) is 35.4. The van der Waals surface area contributed by atoms with Gasteiger partial charge in [0.2, 0.25) is 0 Å². The van der Waals surface area contributed by atoms with Crippen molar-refractivity contribution in [2.75, 3.05) is 13.7 Å². The molecule has 0 saturated carbocycles. The van der Waals surface area contributed by atoms with Gasteiger partial charge in [0.05, 0.1) is 41.6 Å². The number of halogens is 2. The Kier molecular flexibility index (Phi) is 21.5. The van der Waals surface area contributed by atoms with Crippen LogP contribution in [0, 0.1) is 5.92 Å². The zero-order chi connectivity index (χ0) is 52.5. The first-order valence-electron chi connectivity index (χ1n) is 23.2. The maximum Gasteiger partial charge on any atom is 0.342 e. The number of aromatic hydroxyl groups is 2. The molecule has 18 nitrogen and oxygen atoms in total. The number of cyclic esters (lactones) is 1. The minimum Gasteiger partial charge on any atom is -0.505 e. The minimum atomic E-state index is -1.60. The van der Waals surface area contributed by atoms with Gasteiger partial charge in [-0.1, -0.05) is 73.0 Å². The van der Waals surface area contributed by atoms with Crippen LogP contribution in [-0.2, 0) is 53.9 Å². The van der Waals surface area contributed by atoms with Crippen LogP contribution in [0.1, 0.15) is 104 Å². The predicted octanol–water partition coefficient (Wildman–Crippen LogP) is 5.60. The Labute approximate surface area is 419 Å². The van der Waals surface area contributed by atoms with E-state index >= 15 is 0 Å². The maximum absolute atomic E-state index is 13.9. The number of hydrogen-bond donors (Lipinski definition) is 7. The Bertz CT molecular complexity index is 2160. The first-order valence-corrected chi connectivity index (χ1v) is 24.0. The summed E-state index contributed by atoms with van der Waals surface area (Å²) in [5.41, 5.74) is 0.330. The van der Waals surface area contributed by atoms with Gasteiger partial charge >= 0.3 is 17.9 Å². The van der Waals surface area contributed by atoms with E-state index in [1.165, 1.54) is 40.0 Å². The standard InChI is InChI=1S/C50H70Cl2O18/c1-12-29-21-24(4)32(55)17-15-14-16-30(22-64-49-44(63-11)41(60)43(27(7)65-49)68-47(62)34-31(13-2)35(51)38(57)36(52)37(34)56)46(61)67-33(26(6)53)19-18-23(3)20-25(5)42(29)69-48-40(59)39(58)45(66-28(8)54)50(9,10)70-48/h14-16,18,20-21,26-27,29,32-33,39-45,48-49,53,55-60H,12-13,17,19,22H2,1-11H3/b15-14+,23-18+,24-21+,25-20+,30-16+/t26-,27-,29+,32+,33+,39-,40+,41+,42+,43-,44+,45+,48-,49-/m1/s1. The van der Waals surface area contributed by atoms with Crippen LogP contribution in [0.2, 0.25) is 10.0 Å². The summed E-state index contributed by atoms with van der Waals surface area (Å²) in [6.45, 7) is 15.9. The van der Waals surface area contributed by atoms with E-state index in [4.69, 9.17) is 61.1 Å². The predicted molar refractivity (Wildman–Crippen MR) is 256 cm³/mol. The van der Waals surface area contributed by atoms with E-state index in [0.717, 1.165) is 0 Å². The Morgan fingerprint density at radius 1 is 0.929 bits per heavy atom. The van der Waals surface area contributed by atoms with Crippen molar-refractivity contribution in [3.8, 4) is 11.5 Å². The highest BCUT2D eigenvalue weighted by Crippen LogP contribution is 2.45. The third kappa shape index (κ3) is 14.2. The van der Waals surface area contributed by atoms with E-state index < -0.39 is 132 Å². The number of carbonyl (C=O) groups is 3. The summed E-state index contributed by atoms with van der Waals surface area (Å²) >= 11 is 12.3. The number of hydrogen-bond acceptors (Lipinski definition) is 18. The Morgan fingerprint density at radius 2 is 1.60 bits per heavy atom. The number of rotatable bonds is 12. The summed E-state index contributed by atoms with van der Waals surface area (Å²) in [6.07, 6.45) is -5.41.